The third-order valence-electron chi connectivity index (χ3n) is 2.30. The van der Waals surface area contributed by atoms with Crippen molar-refractivity contribution in [2.75, 3.05) is 0 Å². The molecule has 0 fully saturated rings. The lowest BCUT2D eigenvalue weighted by molar-refractivity contribution is -0.134. The van der Waals surface area contributed by atoms with Crippen LogP contribution in [-0.4, -0.2) is 33.0 Å². The first-order valence-corrected chi connectivity index (χ1v) is 4.17. The zero-order valence-electron chi connectivity index (χ0n) is 7.74. The van der Waals surface area contributed by atoms with Crippen molar-refractivity contribution in [2.45, 2.75) is 38.4 Å². The van der Waals surface area contributed by atoms with Gasteiger partial charge in [0.05, 0.1) is 17.3 Å². The Morgan fingerprint density at radius 3 is 2.54 bits per heavy atom. The zero-order valence-corrected chi connectivity index (χ0v) is 7.74. The van der Waals surface area contributed by atoms with E-state index in [4.69, 9.17) is 5.11 Å². The van der Waals surface area contributed by atoms with Gasteiger partial charge in [-0.15, -0.1) is 0 Å². The van der Waals surface area contributed by atoms with Gasteiger partial charge in [0.2, 0.25) is 0 Å². The standard InChI is InChI=1S/C9H14O4/c1-5-3-9(2,13)4-6(10)7(5)8(11)12/h6,10,13H,3-4H2,1-2H3,(H,11,12). The van der Waals surface area contributed by atoms with E-state index in [0.717, 1.165) is 0 Å². The molecule has 0 radical (unpaired) electrons. The molecule has 0 heterocycles. The fraction of sp³-hybridized carbons (Fsp3) is 0.667. The minimum atomic E-state index is -1.10. The molecule has 74 valence electrons. The van der Waals surface area contributed by atoms with Crippen LogP contribution in [0.5, 0.6) is 0 Å². The van der Waals surface area contributed by atoms with Crippen molar-refractivity contribution in [3.05, 3.63) is 11.1 Å². The summed E-state index contributed by atoms with van der Waals surface area (Å²) in [6.45, 7) is 3.22. The van der Waals surface area contributed by atoms with Gasteiger partial charge < -0.3 is 15.3 Å². The van der Waals surface area contributed by atoms with E-state index in [1.807, 2.05) is 0 Å². The van der Waals surface area contributed by atoms with Crippen molar-refractivity contribution in [3.8, 4) is 0 Å². The number of carboxylic acids is 1. The van der Waals surface area contributed by atoms with Gasteiger partial charge in [0, 0.05) is 6.42 Å². The lowest BCUT2D eigenvalue weighted by atomic mass is 9.80. The summed E-state index contributed by atoms with van der Waals surface area (Å²) in [6, 6.07) is 0. The number of aliphatic hydroxyl groups excluding tert-OH is 1. The van der Waals surface area contributed by atoms with Crippen LogP contribution in [0.15, 0.2) is 11.1 Å². The van der Waals surface area contributed by atoms with E-state index in [0.29, 0.717) is 12.0 Å². The fourth-order valence-electron chi connectivity index (χ4n) is 1.87. The van der Waals surface area contributed by atoms with Crippen LogP contribution in [0, 0.1) is 0 Å². The number of rotatable bonds is 1. The third kappa shape index (κ3) is 2.08. The molecular weight excluding hydrogens is 172 g/mol. The number of aliphatic carboxylic acids is 1. The molecular formula is C9H14O4. The predicted octanol–water partition coefficient (Wildman–Crippen LogP) is 0.293. The van der Waals surface area contributed by atoms with E-state index in [9.17, 15) is 15.0 Å². The highest BCUT2D eigenvalue weighted by atomic mass is 16.4. The van der Waals surface area contributed by atoms with Crippen LogP contribution >= 0.6 is 0 Å². The molecule has 0 spiro atoms. The molecule has 0 aromatic rings. The second-order valence-corrected chi connectivity index (χ2v) is 3.89. The molecule has 2 unspecified atom stereocenters. The van der Waals surface area contributed by atoms with Gasteiger partial charge in [-0.3, -0.25) is 0 Å². The molecule has 0 saturated heterocycles. The number of aliphatic hydroxyl groups is 2. The van der Waals surface area contributed by atoms with Crippen molar-refractivity contribution in [2.24, 2.45) is 0 Å². The van der Waals surface area contributed by atoms with Crippen LogP contribution < -0.4 is 0 Å². The summed E-state index contributed by atoms with van der Waals surface area (Å²) in [4.78, 5) is 10.7. The third-order valence-corrected chi connectivity index (χ3v) is 2.30. The monoisotopic (exact) mass is 186 g/mol. The van der Waals surface area contributed by atoms with Gasteiger partial charge in [0.25, 0.3) is 0 Å². The quantitative estimate of drug-likeness (QED) is 0.550. The molecule has 4 nitrogen and oxygen atoms in total. The lowest BCUT2D eigenvalue weighted by Crippen LogP contribution is -2.37. The summed E-state index contributed by atoms with van der Waals surface area (Å²) >= 11 is 0. The molecule has 2 atom stereocenters. The predicted molar refractivity (Wildman–Crippen MR) is 46.2 cm³/mol. The van der Waals surface area contributed by atoms with Gasteiger partial charge in [-0.2, -0.15) is 0 Å². The Bertz CT molecular complexity index is 265. The Balaban J connectivity index is 3.01. The summed E-state index contributed by atoms with van der Waals surface area (Å²) in [5.41, 5.74) is -0.398. The highest BCUT2D eigenvalue weighted by molar-refractivity contribution is 5.89. The van der Waals surface area contributed by atoms with Crippen LogP contribution in [0.4, 0.5) is 0 Å². The molecule has 0 aliphatic heterocycles. The van der Waals surface area contributed by atoms with Crippen molar-refractivity contribution >= 4 is 5.97 Å². The number of carboxylic acid groups (broad SMARTS) is 1. The first-order valence-electron chi connectivity index (χ1n) is 4.17. The van der Waals surface area contributed by atoms with Crippen LogP contribution in [0.25, 0.3) is 0 Å². The largest absolute Gasteiger partial charge is 0.478 e. The number of carbonyl (C=O) groups is 1. The van der Waals surface area contributed by atoms with Crippen LogP contribution in [0.1, 0.15) is 26.7 Å². The van der Waals surface area contributed by atoms with E-state index in [1.54, 1.807) is 13.8 Å². The summed E-state index contributed by atoms with van der Waals surface area (Å²) in [5, 5.41) is 27.8. The Hall–Kier alpha value is -0.870. The van der Waals surface area contributed by atoms with Crippen molar-refractivity contribution in [1.29, 1.82) is 0 Å². The van der Waals surface area contributed by atoms with Gasteiger partial charge in [-0.25, -0.2) is 4.79 Å². The van der Waals surface area contributed by atoms with E-state index in [1.165, 1.54) is 0 Å². The van der Waals surface area contributed by atoms with Crippen molar-refractivity contribution in [3.63, 3.8) is 0 Å². The van der Waals surface area contributed by atoms with E-state index < -0.39 is 17.7 Å². The molecule has 0 aromatic carbocycles. The fourth-order valence-corrected chi connectivity index (χ4v) is 1.87. The van der Waals surface area contributed by atoms with Crippen LogP contribution in [0.3, 0.4) is 0 Å². The summed E-state index contributed by atoms with van der Waals surface area (Å²) < 4.78 is 0. The smallest absolute Gasteiger partial charge is 0.334 e. The molecule has 0 amide bonds. The second kappa shape index (κ2) is 3.12. The maximum absolute atomic E-state index is 10.7. The average molecular weight is 186 g/mol. The molecule has 0 bridgehead atoms. The molecule has 0 saturated carbocycles. The summed E-state index contributed by atoms with van der Waals surface area (Å²) in [7, 11) is 0. The van der Waals surface area contributed by atoms with Crippen molar-refractivity contribution < 1.29 is 20.1 Å². The summed E-state index contributed by atoms with van der Waals surface area (Å²) in [5.74, 6) is -1.10. The van der Waals surface area contributed by atoms with E-state index in [-0.39, 0.29) is 12.0 Å². The normalized spacial score (nSPS) is 34.9. The highest BCUT2D eigenvalue weighted by Gasteiger charge is 2.35. The van der Waals surface area contributed by atoms with Gasteiger partial charge in [-0.1, -0.05) is 5.57 Å². The molecule has 1 aliphatic carbocycles. The number of hydrogen-bond donors (Lipinski definition) is 3. The van der Waals surface area contributed by atoms with Gasteiger partial charge in [-0.05, 0) is 20.3 Å². The maximum atomic E-state index is 10.7. The first-order chi connectivity index (χ1) is 5.83. The Morgan fingerprint density at radius 2 is 2.15 bits per heavy atom. The van der Waals surface area contributed by atoms with Crippen LogP contribution in [-0.2, 0) is 4.79 Å². The molecule has 3 N–H and O–H groups in total. The van der Waals surface area contributed by atoms with E-state index >= 15 is 0 Å². The van der Waals surface area contributed by atoms with Gasteiger partial charge in [0.1, 0.15) is 0 Å². The Labute approximate surface area is 76.5 Å². The average Bonchev–Trinajstić information content (AvgIpc) is 1.78. The molecule has 13 heavy (non-hydrogen) atoms. The van der Waals surface area contributed by atoms with Gasteiger partial charge >= 0.3 is 5.97 Å². The first kappa shape index (κ1) is 10.2. The number of hydrogen-bond acceptors (Lipinski definition) is 3. The highest BCUT2D eigenvalue weighted by Crippen LogP contribution is 2.32. The summed E-state index contributed by atoms with van der Waals surface area (Å²) in [6.07, 6.45) is -0.654. The van der Waals surface area contributed by atoms with Gasteiger partial charge in [0.15, 0.2) is 0 Å². The van der Waals surface area contributed by atoms with E-state index in [2.05, 4.69) is 0 Å². The topological polar surface area (TPSA) is 77.8 Å². The minimum absolute atomic E-state index is 0.0338. The second-order valence-electron chi connectivity index (χ2n) is 3.89. The SMILES string of the molecule is CC1=C(C(=O)O)C(O)CC(C)(O)C1. The molecule has 4 heteroatoms. The Morgan fingerprint density at radius 1 is 1.62 bits per heavy atom. The molecule has 1 aliphatic rings. The zero-order chi connectivity index (χ0) is 10.2. The van der Waals surface area contributed by atoms with Crippen molar-refractivity contribution in [1.82, 2.24) is 0 Å². The maximum Gasteiger partial charge on any atom is 0.334 e. The Kier molecular flexibility index (Phi) is 2.45. The minimum Gasteiger partial charge on any atom is -0.478 e. The molecule has 0 aromatic heterocycles. The lowest BCUT2D eigenvalue weighted by Gasteiger charge is -2.32. The van der Waals surface area contributed by atoms with Crippen LogP contribution in [0.2, 0.25) is 0 Å². The molecule has 1 rings (SSSR count).